The fourth-order valence-corrected chi connectivity index (χ4v) is 2.67. The van der Waals surface area contributed by atoms with Crippen LogP contribution in [0.4, 0.5) is 20.2 Å². The molecule has 1 saturated carbocycles. The Morgan fingerprint density at radius 2 is 2.00 bits per heavy atom. The molecule has 6 nitrogen and oxygen atoms in total. The smallest absolute Gasteiger partial charge is 0.327 e. The summed E-state index contributed by atoms with van der Waals surface area (Å²) in [5, 5.41) is 22.7. The Morgan fingerprint density at radius 3 is 2.52 bits per heavy atom. The van der Waals surface area contributed by atoms with E-state index in [1.165, 1.54) is 0 Å². The molecule has 0 heterocycles. The molecule has 1 aliphatic carbocycles. The maximum absolute atomic E-state index is 13.5. The first-order valence-electron chi connectivity index (χ1n) is 6.46. The lowest BCUT2D eigenvalue weighted by Gasteiger charge is -2.24. The molecule has 1 fully saturated rings. The first-order chi connectivity index (χ1) is 9.85. The Labute approximate surface area is 118 Å². The number of carboxylic acid groups (broad SMARTS) is 1. The second kappa shape index (κ2) is 5.63. The third kappa shape index (κ3) is 2.93. The van der Waals surface area contributed by atoms with Crippen LogP contribution >= 0.6 is 0 Å². The number of rotatable bonds is 5. The van der Waals surface area contributed by atoms with Crippen LogP contribution < -0.4 is 5.32 Å². The highest BCUT2D eigenvalue weighted by atomic mass is 19.1. The molecule has 2 N–H and O–H groups in total. The number of carbonyl (C=O) groups is 1. The number of anilines is 1. The third-order valence-corrected chi connectivity index (χ3v) is 3.84. The molecule has 0 aliphatic heterocycles. The highest BCUT2D eigenvalue weighted by Crippen LogP contribution is 2.39. The molecule has 0 radical (unpaired) electrons. The van der Waals surface area contributed by atoms with E-state index in [1.807, 2.05) is 0 Å². The van der Waals surface area contributed by atoms with Gasteiger partial charge in [-0.15, -0.1) is 0 Å². The molecule has 0 saturated heterocycles. The fraction of sp³-hybridized carbons (Fsp3) is 0.462. The summed E-state index contributed by atoms with van der Waals surface area (Å²) in [5.41, 5.74) is -2.27. The van der Waals surface area contributed by atoms with Crippen molar-refractivity contribution in [2.75, 3.05) is 11.9 Å². The Hall–Kier alpha value is -2.25. The maximum atomic E-state index is 13.5. The van der Waals surface area contributed by atoms with Crippen LogP contribution in [0.3, 0.4) is 0 Å². The summed E-state index contributed by atoms with van der Waals surface area (Å²) in [4.78, 5) is 21.3. The van der Waals surface area contributed by atoms with Gasteiger partial charge in [0.2, 0.25) is 5.82 Å². The van der Waals surface area contributed by atoms with Gasteiger partial charge < -0.3 is 10.4 Å². The van der Waals surface area contributed by atoms with E-state index in [4.69, 9.17) is 0 Å². The molecule has 21 heavy (non-hydrogen) atoms. The summed E-state index contributed by atoms with van der Waals surface area (Å²) in [7, 11) is 0. The Balaban J connectivity index is 2.27. The largest absolute Gasteiger partial charge is 0.481 e. The molecule has 1 aromatic rings. The van der Waals surface area contributed by atoms with Gasteiger partial charge in [-0.1, -0.05) is 12.8 Å². The first-order valence-corrected chi connectivity index (χ1v) is 6.46. The van der Waals surface area contributed by atoms with Gasteiger partial charge in [-0.3, -0.25) is 14.9 Å². The molecule has 1 aromatic carbocycles. The lowest BCUT2D eigenvalue weighted by molar-refractivity contribution is -0.386. The van der Waals surface area contributed by atoms with E-state index < -0.39 is 33.6 Å². The quantitative estimate of drug-likeness (QED) is 0.644. The zero-order chi connectivity index (χ0) is 15.6. The number of hydrogen-bond acceptors (Lipinski definition) is 4. The normalized spacial score (nSPS) is 16.7. The average molecular weight is 300 g/mol. The number of hydrogen-bond donors (Lipinski definition) is 2. The number of nitro groups is 1. The number of aliphatic carboxylic acids is 1. The van der Waals surface area contributed by atoms with Crippen LogP contribution in [0.15, 0.2) is 12.1 Å². The van der Waals surface area contributed by atoms with Crippen molar-refractivity contribution < 1.29 is 23.6 Å². The standard InChI is InChI=1S/C13H14F2N2O4/c14-8-5-9(15)11(17(20)21)10(6-8)16-7-13(12(18)19)3-1-2-4-13/h5-6,16H,1-4,7H2,(H,18,19). The summed E-state index contributed by atoms with van der Waals surface area (Å²) in [6.07, 6.45) is 2.35. The van der Waals surface area contributed by atoms with Gasteiger partial charge in [-0.05, 0) is 12.8 Å². The SMILES string of the molecule is O=C(O)C1(CNc2cc(F)cc(F)c2[N+](=O)[O-])CCCC1. The number of halogens is 2. The van der Waals surface area contributed by atoms with Crippen molar-refractivity contribution in [3.05, 3.63) is 33.9 Å². The van der Waals surface area contributed by atoms with Gasteiger partial charge in [-0.25, -0.2) is 4.39 Å². The van der Waals surface area contributed by atoms with Crippen molar-refractivity contribution in [1.29, 1.82) is 0 Å². The van der Waals surface area contributed by atoms with Gasteiger partial charge in [0, 0.05) is 18.7 Å². The summed E-state index contributed by atoms with van der Waals surface area (Å²) in [6, 6.07) is 1.22. The van der Waals surface area contributed by atoms with Crippen LogP contribution in [0.2, 0.25) is 0 Å². The second-order valence-corrected chi connectivity index (χ2v) is 5.19. The molecule has 114 valence electrons. The minimum Gasteiger partial charge on any atom is -0.481 e. The van der Waals surface area contributed by atoms with Crippen molar-refractivity contribution in [3.8, 4) is 0 Å². The van der Waals surface area contributed by atoms with E-state index in [-0.39, 0.29) is 12.2 Å². The highest BCUT2D eigenvalue weighted by Gasteiger charge is 2.41. The van der Waals surface area contributed by atoms with E-state index in [9.17, 15) is 28.8 Å². The third-order valence-electron chi connectivity index (χ3n) is 3.84. The van der Waals surface area contributed by atoms with Crippen LogP contribution in [-0.2, 0) is 4.79 Å². The van der Waals surface area contributed by atoms with Crippen LogP contribution in [0.25, 0.3) is 0 Å². The Kier molecular flexibility index (Phi) is 4.06. The summed E-state index contributed by atoms with van der Waals surface area (Å²) in [6.45, 7) is -0.105. The van der Waals surface area contributed by atoms with Gasteiger partial charge >= 0.3 is 11.7 Å². The molecule has 0 spiro atoms. The molecule has 0 amide bonds. The van der Waals surface area contributed by atoms with Gasteiger partial charge in [0.1, 0.15) is 11.5 Å². The molecular weight excluding hydrogens is 286 g/mol. The molecule has 1 aliphatic rings. The number of carboxylic acids is 1. The topological polar surface area (TPSA) is 92.5 Å². The second-order valence-electron chi connectivity index (χ2n) is 5.19. The molecule has 0 bridgehead atoms. The monoisotopic (exact) mass is 300 g/mol. The number of nitro benzene ring substituents is 1. The van der Waals surface area contributed by atoms with E-state index in [1.54, 1.807) is 0 Å². The zero-order valence-electron chi connectivity index (χ0n) is 11.1. The van der Waals surface area contributed by atoms with Crippen LogP contribution in [0.1, 0.15) is 25.7 Å². The molecule has 0 unspecified atom stereocenters. The molecule has 8 heteroatoms. The van der Waals surface area contributed by atoms with Crippen LogP contribution in [0, 0.1) is 27.2 Å². The number of nitrogens with one attached hydrogen (secondary N) is 1. The molecule has 0 atom stereocenters. The zero-order valence-corrected chi connectivity index (χ0v) is 11.1. The maximum Gasteiger partial charge on any atom is 0.327 e. The van der Waals surface area contributed by atoms with Crippen LogP contribution in [-0.4, -0.2) is 22.5 Å². The minimum absolute atomic E-state index is 0.105. The van der Waals surface area contributed by atoms with Crippen LogP contribution in [0.5, 0.6) is 0 Å². The minimum atomic E-state index is -1.29. The number of benzene rings is 1. The van der Waals surface area contributed by atoms with Crippen molar-refractivity contribution in [2.45, 2.75) is 25.7 Å². The van der Waals surface area contributed by atoms with Gasteiger partial charge in [0.15, 0.2) is 0 Å². The van der Waals surface area contributed by atoms with Gasteiger partial charge in [-0.2, -0.15) is 4.39 Å². The van der Waals surface area contributed by atoms with Crippen molar-refractivity contribution in [2.24, 2.45) is 5.41 Å². The van der Waals surface area contributed by atoms with Crippen molar-refractivity contribution >= 4 is 17.3 Å². The Bertz CT molecular complexity index is 586. The summed E-state index contributed by atoms with van der Waals surface area (Å²) in [5.74, 6) is -3.26. The molecule has 0 aromatic heterocycles. The van der Waals surface area contributed by atoms with Gasteiger partial charge in [0.25, 0.3) is 0 Å². The van der Waals surface area contributed by atoms with E-state index in [0.29, 0.717) is 18.9 Å². The predicted octanol–water partition coefficient (Wildman–Crippen LogP) is 2.93. The summed E-state index contributed by atoms with van der Waals surface area (Å²) < 4.78 is 26.7. The lowest BCUT2D eigenvalue weighted by atomic mass is 9.86. The predicted molar refractivity (Wildman–Crippen MR) is 70.0 cm³/mol. The lowest BCUT2D eigenvalue weighted by Crippen LogP contribution is -2.35. The van der Waals surface area contributed by atoms with Gasteiger partial charge in [0.05, 0.1) is 10.3 Å². The molecular formula is C13H14F2N2O4. The van der Waals surface area contributed by atoms with Crippen molar-refractivity contribution in [3.63, 3.8) is 0 Å². The van der Waals surface area contributed by atoms with E-state index in [2.05, 4.69) is 5.32 Å². The van der Waals surface area contributed by atoms with Crippen molar-refractivity contribution in [1.82, 2.24) is 0 Å². The average Bonchev–Trinajstić information content (AvgIpc) is 2.85. The Morgan fingerprint density at radius 1 is 1.38 bits per heavy atom. The van der Waals surface area contributed by atoms with E-state index >= 15 is 0 Å². The summed E-state index contributed by atoms with van der Waals surface area (Å²) >= 11 is 0. The number of nitrogens with zero attached hydrogens (tertiary/aromatic N) is 1. The van der Waals surface area contributed by atoms with E-state index in [0.717, 1.165) is 18.9 Å². The highest BCUT2D eigenvalue weighted by molar-refractivity contribution is 5.76. The molecule has 2 rings (SSSR count). The first kappa shape index (κ1) is 15.1. The fourth-order valence-electron chi connectivity index (χ4n) is 2.67.